The van der Waals surface area contributed by atoms with E-state index >= 15 is 0 Å². The van der Waals surface area contributed by atoms with Crippen LogP contribution in [-0.4, -0.2) is 6.21 Å². The standard InChI is InChI=1S/C5H9N3/c1-3-7-5(2)4-8-6/h3-4,6H,1-2H3/b5-4-,7-3-,8-6?. The predicted octanol–water partition coefficient (Wildman–Crippen LogP) is 1.97. The van der Waals surface area contributed by atoms with Crippen LogP contribution in [0.15, 0.2) is 22.0 Å². The normalized spacial score (nSPS) is 12.5. The van der Waals surface area contributed by atoms with Crippen LogP contribution in [0.5, 0.6) is 0 Å². The molecular formula is C5H9N3. The first-order valence-electron chi connectivity index (χ1n) is 2.33. The van der Waals surface area contributed by atoms with Crippen LogP contribution in [0.2, 0.25) is 0 Å². The molecule has 0 aliphatic carbocycles. The molecule has 3 nitrogen and oxygen atoms in total. The summed E-state index contributed by atoms with van der Waals surface area (Å²) >= 11 is 0. The second kappa shape index (κ2) is 4.18. The Kier molecular flexibility index (Phi) is 3.66. The van der Waals surface area contributed by atoms with E-state index in [4.69, 9.17) is 5.53 Å². The van der Waals surface area contributed by atoms with Gasteiger partial charge in [-0.25, -0.2) is 5.53 Å². The van der Waals surface area contributed by atoms with E-state index in [0.717, 1.165) is 5.70 Å². The van der Waals surface area contributed by atoms with Crippen molar-refractivity contribution < 1.29 is 0 Å². The summed E-state index contributed by atoms with van der Waals surface area (Å²) in [5.74, 6) is 0. The molecule has 0 radical (unpaired) electrons. The van der Waals surface area contributed by atoms with E-state index in [0.29, 0.717) is 0 Å². The average molecular weight is 111 g/mol. The van der Waals surface area contributed by atoms with Crippen molar-refractivity contribution in [2.45, 2.75) is 13.8 Å². The van der Waals surface area contributed by atoms with Crippen LogP contribution in [0.1, 0.15) is 13.8 Å². The van der Waals surface area contributed by atoms with Crippen molar-refractivity contribution in [1.29, 1.82) is 5.53 Å². The largest absolute Gasteiger partial charge is 0.265 e. The Morgan fingerprint density at radius 1 is 1.62 bits per heavy atom. The second-order valence-electron chi connectivity index (χ2n) is 1.29. The van der Waals surface area contributed by atoms with Gasteiger partial charge in [0.05, 0.1) is 11.9 Å². The lowest BCUT2D eigenvalue weighted by atomic mass is 10.5. The lowest BCUT2D eigenvalue weighted by Crippen LogP contribution is -1.65. The van der Waals surface area contributed by atoms with Crippen LogP contribution >= 0.6 is 0 Å². The Balaban J connectivity index is 3.79. The maximum absolute atomic E-state index is 6.39. The van der Waals surface area contributed by atoms with Gasteiger partial charge >= 0.3 is 0 Å². The molecule has 0 saturated heterocycles. The van der Waals surface area contributed by atoms with Crippen molar-refractivity contribution >= 4 is 6.21 Å². The fraction of sp³-hybridized carbons (Fsp3) is 0.400. The van der Waals surface area contributed by atoms with E-state index in [1.165, 1.54) is 6.20 Å². The van der Waals surface area contributed by atoms with Crippen molar-refractivity contribution in [1.82, 2.24) is 0 Å². The Hall–Kier alpha value is -0.990. The zero-order valence-electron chi connectivity index (χ0n) is 5.05. The number of rotatable bonds is 2. The number of hydrogen-bond acceptors (Lipinski definition) is 3. The molecule has 0 fully saturated rings. The molecule has 0 bridgehead atoms. The van der Waals surface area contributed by atoms with Gasteiger partial charge in [-0.2, -0.15) is 5.11 Å². The van der Waals surface area contributed by atoms with Gasteiger partial charge in [0.1, 0.15) is 0 Å². The molecule has 0 saturated carbocycles. The van der Waals surface area contributed by atoms with Crippen molar-refractivity contribution in [2.75, 3.05) is 0 Å². The molecule has 0 aliphatic rings. The van der Waals surface area contributed by atoms with Crippen molar-refractivity contribution in [3.63, 3.8) is 0 Å². The molecule has 0 aromatic heterocycles. The van der Waals surface area contributed by atoms with Crippen molar-refractivity contribution in [3.8, 4) is 0 Å². The van der Waals surface area contributed by atoms with E-state index in [1.54, 1.807) is 13.1 Å². The van der Waals surface area contributed by atoms with Crippen molar-refractivity contribution in [2.24, 2.45) is 10.1 Å². The van der Waals surface area contributed by atoms with Gasteiger partial charge in [0, 0.05) is 6.21 Å². The molecule has 8 heavy (non-hydrogen) atoms. The maximum atomic E-state index is 6.39. The first-order chi connectivity index (χ1) is 3.81. The maximum Gasteiger partial charge on any atom is 0.0700 e. The Bertz CT molecular complexity index is 124. The summed E-state index contributed by atoms with van der Waals surface area (Å²) in [5, 5.41) is 3.03. The molecule has 0 spiro atoms. The summed E-state index contributed by atoms with van der Waals surface area (Å²) < 4.78 is 0. The highest BCUT2D eigenvalue weighted by molar-refractivity contribution is 5.54. The number of aliphatic imine (C=N–C) groups is 1. The molecule has 0 unspecified atom stereocenters. The van der Waals surface area contributed by atoms with Crippen molar-refractivity contribution in [3.05, 3.63) is 11.9 Å². The van der Waals surface area contributed by atoms with E-state index < -0.39 is 0 Å². The fourth-order valence-corrected chi connectivity index (χ4v) is 0.330. The highest BCUT2D eigenvalue weighted by Crippen LogP contribution is 1.91. The molecule has 44 valence electrons. The quantitative estimate of drug-likeness (QED) is 0.418. The van der Waals surface area contributed by atoms with Gasteiger partial charge in [0.2, 0.25) is 0 Å². The zero-order valence-corrected chi connectivity index (χ0v) is 5.05. The number of nitrogens with one attached hydrogen (secondary N) is 1. The average Bonchev–Trinajstić information content (AvgIpc) is 1.68. The highest BCUT2D eigenvalue weighted by atomic mass is 14.9. The molecule has 0 atom stereocenters. The Morgan fingerprint density at radius 3 is 2.62 bits per heavy atom. The van der Waals surface area contributed by atoms with Crippen LogP contribution < -0.4 is 0 Å². The Labute approximate surface area is 48.6 Å². The molecule has 0 aromatic carbocycles. The first kappa shape index (κ1) is 7.01. The highest BCUT2D eigenvalue weighted by Gasteiger charge is 1.74. The van der Waals surface area contributed by atoms with E-state index in [-0.39, 0.29) is 0 Å². The summed E-state index contributed by atoms with van der Waals surface area (Å²) in [6, 6.07) is 0. The summed E-state index contributed by atoms with van der Waals surface area (Å²) in [7, 11) is 0. The van der Waals surface area contributed by atoms with Crippen LogP contribution in [0.3, 0.4) is 0 Å². The van der Waals surface area contributed by atoms with E-state index in [1.807, 2.05) is 6.92 Å². The summed E-state index contributed by atoms with van der Waals surface area (Å²) in [4.78, 5) is 3.84. The number of allylic oxidation sites excluding steroid dienone is 1. The summed E-state index contributed by atoms with van der Waals surface area (Å²) in [6.07, 6.45) is 3.05. The van der Waals surface area contributed by atoms with Gasteiger partial charge in [-0.3, -0.25) is 4.99 Å². The molecule has 0 aromatic rings. The SMILES string of the molecule is C/C=N\C(C)=C/N=N. The molecular weight excluding hydrogens is 102 g/mol. The smallest absolute Gasteiger partial charge is 0.0700 e. The van der Waals surface area contributed by atoms with Crippen LogP contribution in [-0.2, 0) is 0 Å². The summed E-state index contributed by atoms with van der Waals surface area (Å²) in [6.45, 7) is 3.61. The molecule has 3 heteroatoms. The third kappa shape index (κ3) is 3.21. The van der Waals surface area contributed by atoms with Gasteiger partial charge in [0.15, 0.2) is 0 Å². The predicted molar refractivity (Wildman–Crippen MR) is 33.1 cm³/mol. The molecule has 1 N–H and O–H groups in total. The third-order valence-electron chi connectivity index (χ3n) is 0.584. The van der Waals surface area contributed by atoms with Gasteiger partial charge in [-0.05, 0) is 13.8 Å². The zero-order chi connectivity index (χ0) is 6.41. The topological polar surface area (TPSA) is 48.6 Å². The monoisotopic (exact) mass is 111 g/mol. The molecule has 0 amide bonds. The molecule has 0 aliphatic heterocycles. The fourth-order valence-electron chi connectivity index (χ4n) is 0.330. The van der Waals surface area contributed by atoms with Gasteiger partial charge in [-0.15, -0.1) is 0 Å². The lowest BCUT2D eigenvalue weighted by Gasteiger charge is -1.81. The second-order valence-corrected chi connectivity index (χ2v) is 1.29. The molecule has 0 heterocycles. The third-order valence-corrected chi connectivity index (χ3v) is 0.584. The minimum Gasteiger partial charge on any atom is -0.265 e. The van der Waals surface area contributed by atoms with Crippen LogP contribution in [0.25, 0.3) is 0 Å². The first-order valence-corrected chi connectivity index (χ1v) is 2.33. The van der Waals surface area contributed by atoms with Gasteiger partial charge in [-0.1, -0.05) is 0 Å². The van der Waals surface area contributed by atoms with Gasteiger partial charge in [0.25, 0.3) is 0 Å². The Morgan fingerprint density at radius 2 is 2.25 bits per heavy atom. The number of nitrogens with zero attached hydrogens (tertiary/aromatic N) is 2. The minimum absolute atomic E-state index is 0.752. The molecule has 0 rings (SSSR count). The van der Waals surface area contributed by atoms with E-state index in [9.17, 15) is 0 Å². The minimum atomic E-state index is 0.752. The van der Waals surface area contributed by atoms with E-state index in [2.05, 4.69) is 10.1 Å². The van der Waals surface area contributed by atoms with Gasteiger partial charge < -0.3 is 0 Å². The van der Waals surface area contributed by atoms with Crippen LogP contribution in [0, 0.1) is 5.53 Å². The number of hydrogen-bond donors (Lipinski definition) is 1. The summed E-state index contributed by atoms with van der Waals surface area (Å²) in [5.41, 5.74) is 7.14. The van der Waals surface area contributed by atoms with Crippen LogP contribution in [0.4, 0.5) is 0 Å². The lowest BCUT2D eigenvalue weighted by molar-refractivity contribution is 1.11.